The highest BCUT2D eigenvalue weighted by molar-refractivity contribution is 5.71. The monoisotopic (exact) mass is 653 g/mol. The zero-order valence-electron chi connectivity index (χ0n) is 31.0. The quantitative estimate of drug-likeness (QED) is 0.0385. The highest BCUT2D eigenvalue weighted by Gasteiger charge is 2.19. The number of esters is 3. The van der Waals surface area contributed by atoms with E-state index in [1.54, 1.807) is 0 Å². The fourth-order valence-corrected chi connectivity index (χ4v) is 5.71. The Morgan fingerprint density at radius 3 is 1.13 bits per heavy atom. The van der Waals surface area contributed by atoms with Gasteiger partial charge >= 0.3 is 17.9 Å². The Labute approximate surface area is 285 Å². The topological polar surface area (TPSA) is 78.9 Å². The Hall–Kier alpha value is -1.59. The van der Waals surface area contributed by atoms with E-state index in [1.165, 1.54) is 109 Å². The number of ether oxygens (including phenoxy) is 3. The molecule has 0 saturated heterocycles. The van der Waals surface area contributed by atoms with Crippen LogP contribution < -0.4 is 0 Å². The van der Waals surface area contributed by atoms with Gasteiger partial charge in [0.15, 0.2) is 6.10 Å². The third-order valence-electron chi connectivity index (χ3n) is 9.15. The minimum atomic E-state index is -0.757. The molecule has 0 aromatic rings. The lowest BCUT2D eigenvalue weighted by Gasteiger charge is -2.18. The Kier molecular flexibility index (Phi) is 33.5. The molecule has 1 unspecified atom stereocenters. The molecular weight excluding hydrogens is 576 g/mol. The summed E-state index contributed by atoms with van der Waals surface area (Å²) in [5.74, 6) is -0.0626. The van der Waals surface area contributed by atoms with Gasteiger partial charge in [-0.1, -0.05) is 175 Å². The minimum Gasteiger partial charge on any atom is -0.462 e. The van der Waals surface area contributed by atoms with Crippen LogP contribution >= 0.6 is 0 Å². The third-order valence-corrected chi connectivity index (χ3v) is 9.15. The van der Waals surface area contributed by atoms with Crippen LogP contribution in [-0.2, 0) is 28.6 Å². The van der Waals surface area contributed by atoms with Gasteiger partial charge in [-0.05, 0) is 25.2 Å². The average molecular weight is 653 g/mol. The van der Waals surface area contributed by atoms with Crippen LogP contribution in [0.15, 0.2) is 0 Å². The first-order chi connectivity index (χ1) is 22.4. The molecule has 0 aliphatic heterocycles. The van der Waals surface area contributed by atoms with E-state index in [4.69, 9.17) is 14.2 Å². The molecule has 0 rings (SSSR count). The van der Waals surface area contributed by atoms with Crippen molar-refractivity contribution in [2.45, 2.75) is 220 Å². The molecule has 0 aromatic carbocycles. The first-order valence-corrected chi connectivity index (χ1v) is 19.9. The van der Waals surface area contributed by atoms with E-state index >= 15 is 0 Å². The van der Waals surface area contributed by atoms with Crippen molar-refractivity contribution in [1.82, 2.24) is 0 Å². The summed E-state index contributed by atoms with van der Waals surface area (Å²) >= 11 is 0. The average Bonchev–Trinajstić information content (AvgIpc) is 3.05. The lowest BCUT2D eigenvalue weighted by molar-refractivity contribution is -0.167. The lowest BCUT2D eigenvalue weighted by atomic mass is 10.00. The van der Waals surface area contributed by atoms with Crippen molar-refractivity contribution in [2.24, 2.45) is 5.92 Å². The van der Waals surface area contributed by atoms with Gasteiger partial charge in [0.1, 0.15) is 13.2 Å². The molecule has 0 aromatic heterocycles. The van der Waals surface area contributed by atoms with Crippen LogP contribution in [0.2, 0.25) is 0 Å². The van der Waals surface area contributed by atoms with Crippen molar-refractivity contribution in [3.63, 3.8) is 0 Å². The van der Waals surface area contributed by atoms with Crippen LogP contribution in [0.4, 0.5) is 0 Å². The van der Waals surface area contributed by atoms with E-state index in [9.17, 15) is 14.4 Å². The van der Waals surface area contributed by atoms with Gasteiger partial charge in [0.25, 0.3) is 0 Å². The number of hydrogen-bond acceptors (Lipinski definition) is 6. The summed E-state index contributed by atoms with van der Waals surface area (Å²) in [4.78, 5) is 37.3. The molecule has 0 fully saturated rings. The van der Waals surface area contributed by atoms with Gasteiger partial charge in [-0.15, -0.1) is 0 Å². The number of hydrogen-bond donors (Lipinski definition) is 0. The standard InChI is InChI=1S/C40H76O6/c1-5-8-10-12-14-15-16-17-19-24-28-32-39(42)45-35-37(34-44-38(41)31-27-23-18-13-11-9-6-2)46-40(43)33-29-25-21-20-22-26-30-36(4)7-3/h36-37H,5-35H2,1-4H3/t36?,37-/m1/s1. The Morgan fingerprint density at radius 2 is 0.761 bits per heavy atom. The SMILES string of the molecule is CCCCCCCCCCCCCC(=O)OC[C@@H](COC(=O)CCCCCCCCC)OC(=O)CCCCCCCCC(C)CC. The summed E-state index contributed by atoms with van der Waals surface area (Å²) in [6.45, 7) is 8.89. The maximum atomic E-state index is 12.6. The number of unbranched alkanes of at least 4 members (excludes halogenated alkanes) is 21. The van der Waals surface area contributed by atoms with Crippen LogP contribution in [0.3, 0.4) is 0 Å². The van der Waals surface area contributed by atoms with E-state index in [0.717, 1.165) is 63.7 Å². The Morgan fingerprint density at radius 1 is 0.435 bits per heavy atom. The molecule has 0 amide bonds. The van der Waals surface area contributed by atoms with Crippen LogP contribution in [0.25, 0.3) is 0 Å². The van der Waals surface area contributed by atoms with Crippen molar-refractivity contribution in [2.75, 3.05) is 13.2 Å². The normalized spacial score (nSPS) is 12.5. The predicted molar refractivity (Wildman–Crippen MR) is 192 cm³/mol. The molecule has 6 nitrogen and oxygen atoms in total. The van der Waals surface area contributed by atoms with Crippen molar-refractivity contribution in [3.05, 3.63) is 0 Å². The fraction of sp³-hybridized carbons (Fsp3) is 0.925. The maximum Gasteiger partial charge on any atom is 0.306 e. The van der Waals surface area contributed by atoms with E-state index < -0.39 is 6.10 Å². The van der Waals surface area contributed by atoms with Gasteiger partial charge in [-0.25, -0.2) is 0 Å². The van der Waals surface area contributed by atoms with Crippen LogP contribution in [0.5, 0.6) is 0 Å². The lowest BCUT2D eigenvalue weighted by Crippen LogP contribution is -2.30. The zero-order valence-corrected chi connectivity index (χ0v) is 31.0. The fourth-order valence-electron chi connectivity index (χ4n) is 5.71. The molecule has 2 atom stereocenters. The van der Waals surface area contributed by atoms with Crippen LogP contribution in [0.1, 0.15) is 214 Å². The summed E-state index contributed by atoms with van der Waals surface area (Å²) in [7, 11) is 0. The summed E-state index contributed by atoms with van der Waals surface area (Å²) in [6, 6.07) is 0. The molecule has 0 aliphatic rings. The first kappa shape index (κ1) is 44.4. The summed E-state index contributed by atoms with van der Waals surface area (Å²) in [5.41, 5.74) is 0. The Balaban J connectivity index is 4.34. The highest BCUT2D eigenvalue weighted by Crippen LogP contribution is 2.16. The van der Waals surface area contributed by atoms with Crippen LogP contribution in [0, 0.1) is 5.92 Å². The summed E-state index contributed by atoms with van der Waals surface area (Å²) in [6.07, 6.45) is 31.0. The van der Waals surface area contributed by atoms with E-state index in [2.05, 4.69) is 27.7 Å². The van der Waals surface area contributed by atoms with Crippen molar-refractivity contribution in [3.8, 4) is 0 Å². The second-order valence-corrected chi connectivity index (χ2v) is 13.8. The molecule has 0 bridgehead atoms. The van der Waals surface area contributed by atoms with Gasteiger partial charge < -0.3 is 14.2 Å². The largest absolute Gasteiger partial charge is 0.462 e. The summed E-state index contributed by atoms with van der Waals surface area (Å²) < 4.78 is 16.6. The highest BCUT2D eigenvalue weighted by atomic mass is 16.6. The van der Waals surface area contributed by atoms with E-state index in [1.807, 2.05) is 0 Å². The molecule has 0 N–H and O–H groups in total. The number of rotatable bonds is 35. The van der Waals surface area contributed by atoms with Crippen LogP contribution in [-0.4, -0.2) is 37.2 Å². The molecule has 0 radical (unpaired) electrons. The molecule has 0 saturated carbocycles. The van der Waals surface area contributed by atoms with Gasteiger partial charge in [0.2, 0.25) is 0 Å². The number of carbonyl (C=O) groups is 3. The molecule has 0 spiro atoms. The van der Waals surface area contributed by atoms with Crippen molar-refractivity contribution < 1.29 is 28.6 Å². The molecule has 46 heavy (non-hydrogen) atoms. The predicted octanol–water partition coefficient (Wildman–Crippen LogP) is 12.0. The minimum absolute atomic E-state index is 0.0660. The molecule has 0 aliphatic carbocycles. The van der Waals surface area contributed by atoms with Crippen molar-refractivity contribution >= 4 is 17.9 Å². The van der Waals surface area contributed by atoms with Gasteiger partial charge in [-0.3, -0.25) is 14.4 Å². The van der Waals surface area contributed by atoms with Crippen molar-refractivity contribution in [1.29, 1.82) is 0 Å². The van der Waals surface area contributed by atoms with Gasteiger partial charge in [0.05, 0.1) is 0 Å². The second kappa shape index (κ2) is 34.7. The zero-order chi connectivity index (χ0) is 33.9. The molecule has 6 heteroatoms. The smallest absolute Gasteiger partial charge is 0.306 e. The maximum absolute atomic E-state index is 12.6. The number of carbonyl (C=O) groups excluding carboxylic acids is 3. The Bertz CT molecular complexity index is 693. The van der Waals surface area contributed by atoms with Gasteiger partial charge in [0, 0.05) is 19.3 Å². The molecular formula is C40H76O6. The second-order valence-electron chi connectivity index (χ2n) is 13.8. The molecule has 0 heterocycles. The van der Waals surface area contributed by atoms with Gasteiger partial charge in [-0.2, -0.15) is 0 Å². The third kappa shape index (κ3) is 32.4. The van der Waals surface area contributed by atoms with E-state index in [0.29, 0.717) is 19.3 Å². The summed E-state index contributed by atoms with van der Waals surface area (Å²) in [5, 5.41) is 0. The molecule has 272 valence electrons. The van der Waals surface area contributed by atoms with E-state index in [-0.39, 0.29) is 31.1 Å². The first-order valence-electron chi connectivity index (χ1n) is 19.9.